The molecule has 2 heterocycles. The lowest BCUT2D eigenvalue weighted by Crippen LogP contribution is -2.41. The SMILES string of the molecule is CC(=O)c1ccc(S(=O)(=O)N2CCC(Oc3cc(C)nc(C)n3)CC2)cc1. The van der Waals surface area contributed by atoms with Crippen molar-refractivity contribution in [2.45, 2.75) is 44.6 Å². The van der Waals surface area contributed by atoms with Crippen molar-refractivity contribution in [2.24, 2.45) is 0 Å². The van der Waals surface area contributed by atoms with Crippen LogP contribution in [0.25, 0.3) is 0 Å². The number of carbonyl (C=O) groups excluding carboxylic acids is 1. The first-order valence-corrected chi connectivity index (χ1v) is 10.3. The highest BCUT2D eigenvalue weighted by molar-refractivity contribution is 7.89. The maximum absolute atomic E-state index is 12.8. The van der Waals surface area contributed by atoms with Gasteiger partial charge < -0.3 is 4.74 Å². The molecule has 0 bridgehead atoms. The molecule has 3 rings (SSSR count). The van der Waals surface area contributed by atoms with Gasteiger partial charge in [0.2, 0.25) is 15.9 Å². The topological polar surface area (TPSA) is 89.5 Å². The van der Waals surface area contributed by atoms with Crippen LogP contribution in [-0.4, -0.2) is 47.7 Å². The van der Waals surface area contributed by atoms with Gasteiger partial charge in [0, 0.05) is 30.4 Å². The van der Waals surface area contributed by atoms with E-state index in [2.05, 4.69) is 9.97 Å². The molecule has 1 saturated heterocycles. The Morgan fingerprint density at radius 2 is 1.74 bits per heavy atom. The van der Waals surface area contributed by atoms with Gasteiger partial charge in [0.25, 0.3) is 0 Å². The lowest BCUT2D eigenvalue weighted by molar-refractivity contribution is 0.101. The predicted molar refractivity (Wildman–Crippen MR) is 100 cm³/mol. The fourth-order valence-corrected chi connectivity index (χ4v) is 4.58. The smallest absolute Gasteiger partial charge is 0.243 e. The lowest BCUT2D eigenvalue weighted by Gasteiger charge is -2.31. The van der Waals surface area contributed by atoms with E-state index in [1.54, 1.807) is 18.2 Å². The molecule has 0 aliphatic carbocycles. The molecule has 8 heteroatoms. The van der Waals surface area contributed by atoms with E-state index in [1.165, 1.54) is 23.4 Å². The number of aromatic nitrogens is 2. The van der Waals surface area contributed by atoms with Gasteiger partial charge in [-0.3, -0.25) is 4.79 Å². The van der Waals surface area contributed by atoms with Gasteiger partial charge in [-0.2, -0.15) is 9.29 Å². The van der Waals surface area contributed by atoms with Gasteiger partial charge in [-0.1, -0.05) is 12.1 Å². The molecule has 1 aromatic carbocycles. The summed E-state index contributed by atoms with van der Waals surface area (Å²) in [5.41, 5.74) is 1.34. The number of nitrogens with zero attached hydrogens (tertiary/aromatic N) is 3. The Kier molecular flexibility index (Phi) is 5.57. The minimum Gasteiger partial charge on any atom is -0.474 e. The molecule has 0 spiro atoms. The van der Waals surface area contributed by atoms with Gasteiger partial charge in [0.1, 0.15) is 11.9 Å². The Bertz CT molecular complexity index is 914. The van der Waals surface area contributed by atoms with Crippen molar-refractivity contribution in [3.05, 3.63) is 47.4 Å². The Morgan fingerprint density at radius 1 is 1.11 bits per heavy atom. The van der Waals surface area contributed by atoms with Crippen LogP contribution in [0, 0.1) is 13.8 Å². The molecule has 0 radical (unpaired) electrons. The van der Waals surface area contributed by atoms with E-state index in [-0.39, 0.29) is 16.8 Å². The Morgan fingerprint density at radius 3 is 2.30 bits per heavy atom. The van der Waals surface area contributed by atoms with Crippen LogP contribution < -0.4 is 4.74 Å². The maximum atomic E-state index is 12.8. The highest BCUT2D eigenvalue weighted by Crippen LogP contribution is 2.23. The van der Waals surface area contributed by atoms with Crippen molar-refractivity contribution < 1.29 is 17.9 Å². The zero-order chi connectivity index (χ0) is 19.6. The highest BCUT2D eigenvalue weighted by atomic mass is 32.2. The van der Waals surface area contributed by atoms with Crippen LogP contribution in [0.2, 0.25) is 0 Å². The van der Waals surface area contributed by atoms with Gasteiger partial charge >= 0.3 is 0 Å². The van der Waals surface area contributed by atoms with E-state index in [0.29, 0.717) is 43.2 Å². The lowest BCUT2D eigenvalue weighted by atomic mass is 10.1. The fraction of sp³-hybridized carbons (Fsp3) is 0.421. The first kappa shape index (κ1) is 19.4. The summed E-state index contributed by atoms with van der Waals surface area (Å²) in [6.45, 7) is 5.91. The van der Waals surface area contributed by atoms with Crippen LogP contribution in [0.5, 0.6) is 5.88 Å². The summed E-state index contributed by atoms with van der Waals surface area (Å²) in [5, 5.41) is 0. The number of piperidine rings is 1. The molecule has 1 aliphatic heterocycles. The Labute approximate surface area is 159 Å². The number of ketones is 1. The summed E-state index contributed by atoms with van der Waals surface area (Å²) in [5.74, 6) is 1.09. The monoisotopic (exact) mass is 389 g/mol. The standard InChI is InChI=1S/C19H23N3O4S/c1-13-12-19(21-15(3)20-13)26-17-8-10-22(11-9-17)27(24,25)18-6-4-16(5-7-18)14(2)23/h4-7,12,17H,8-11H2,1-3H3. The number of sulfonamides is 1. The van der Waals surface area contributed by atoms with E-state index in [4.69, 9.17) is 4.74 Å². The average molecular weight is 389 g/mol. The maximum Gasteiger partial charge on any atom is 0.243 e. The zero-order valence-corrected chi connectivity index (χ0v) is 16.5. The molecule has 0 unspecified atom stereocenters. The highest BCUT2D eigenvalue weighted by Gasteiger charge is 2.30. The van der Waals surface area contributed by atoms with Gasteiger partial charge in [-0.05, 0) is 45.7 Å². The Balaban J connectivity index is 1.64. The van der Waals surface area contributed by atoms with Gasteiger partial charge in [-0.25, -0.2) is 13.4 Å². The summed E-state index contributed by atoms with van der Waals surface area (Å²) in [4.78, 5) is 20.1. The quantitative estimate of drug-likeness (QED) is 0.730. The molecule has 0 N–H and O–H groups in total. The normalized spacial score (nSPS) is 16.3. The molecule has 1 fully saturated rings. The molecular formula is C19H23N3O4S. The molecule has 0 saturated carbocycles. The minimum absolute atomic E-state index is 0.0785. The fourth-order valence-electron chi connectivity index (χ4n) is 3.12. The van der Waals surface area contributed by atoms with Crippen LogP contribution in [0.3, 0.4) is 0 Å². The third-order valence-electron chi connectivity index (χ3n) is 4.53. The second kappa shape index (κ2) is 7.74. The largest absolute Gasteiger partial charge is 0.474 e. The summed E-state index contributed by atoms with van der Waals surface area (Å²) >= 11 is 0. The van der Waals surface area contributed by atoms with Crippen LogP contribution in [-0.2, 0) is 10.0 Å². The van der Waals surface area contributed by atoms with E-state index < -0.39 is 10.0 Å². The van der Waals surface area contributed by atoms with Gasteiger partial charge in [0.15, 0.2) is 5.78 Å². The molecule has 2 aromatic rings. The number of benzene rings is 1. The molecule has 0 atom stereocenters. The van der Waals surface area contributed by atoms with Crippen molar-refractivity contribution in [2.75, 3.05) is 13.1 Å². The van der Waals surface area contributed by atoms with Crippen molar-refractivity contribution in [3.8, 4) is 5.88 Å². The molecule has 1 aromatic heterocycles. The Hall–Kier alpha value is -2.32. The predicted octanol–water partition coefficient (Wildman–Crippen LogP) is 2.53. The number of ether oxygens (including phenoxy) is 1. The van der Waals surface area contributed by atoms with E-state index in [0.717, 1.165) is 5.69 Å². The third kappa shape index (κ3) is 4.51. The number of hydrogen-bond donors (Lipinski definition) is 0. The summed E-state index contributed by atoms with van der Waals surface area (Å²) in [6.07, 6.45) is 1.10. The molecule has 144 valence electrons. The summed E-state index contributed by atoms with van der Waals surface area (Å²) in [6, 6.07) is 7.85. The number of aryl methyl sites for hydroxylation is 2. The van der Waals surface area contributed by atoms with Gasteiger partial charge in [-0.15, -0.1) is 0 Å². The second-order valence-electron chi connectivity index (χ2n) is 6.70. The number of hydrogen-bond acceptors (Lipinski definition) is 6. The molecule has 0 amide bonds. The minimum atomic E-state index is -3.57. The van der Waals surface area contributed by atoms with Crippen molar-refractivity contribution >= 4 is 15.8 Å². The molecule has 1 aliphatic rings. The van der Waals surface area contributed by atoms with Crippen molar-refractivity contribution in [1.82, 2.24) is 14.3 Å². The van der Waals surface area contributed by atoms with Crippen molar-refractivity contribution in [3.63, 3.8) is 0 Å². The van der Waals surface area contributed by atoms with Crippen molar-refractivity contribution in [1.29, 1.82) is 0 Å². The second-order valence-corrected chi connectivity index (χ2v) is 8.63. The van der Waals surface area contributed by atoms with Crippen LogP contribution in [0.15, 0.2) is 35.2 Å². The van der Waals surface area contributed by atoms with E-state index >= 15 is 0 Å². The summed E-state index contributed by atoms with van der Waals surface area (Å²) < 4.78 is 33.0. The van der Waals surface area contributed by atoms with E-state index in [9.17, 15) is 13.2 Å². The molecular weight excluding hydrogens is 366 g/mol. The number of rotatable bonds is 5. The number of Topliss-reactive ketones (excluding diaryl/α,β-unsaturated/α-hetero) is 1. The molecule has 27 heavy (non-hydrogen) atoms. The number of carbonyl (C=O) groups is 1. The zero-order valence-electron chi connectivity index (χ0n) is 15.7. The third-order valence-corrected chi connectivity index (χ3v) is 6.44. The first-order chi connectivity index (χ1) is 12.8. The van der Waals surface area contributed by atoms with Crippen LogP contribution in [0.1, 0.15) is 41.6 Å². The van der Waals surface area contributed by atoms with Crippen LogP contribution in [0.4, 0.5) is 0 Å². The van der Waals surface area contributed by atoms with E-state index in [1.807, 2.05) is 13.8 Å². The molecule has 7 nitrogen and oxygen atoms in total. The average Bonchev–Trinajstić information content (AvgIpc) is 2.61. The summed E-state index contributed by atoms with van der Waals surface area (Å²) in [7, 11) is -3.57. The van der Waals surface area contributed by atoms with Gasteiger partial charge in [0.05, 0.1) is 4.90 Å². The first-order valence-electron chi connectivity index (χ1n) is 8.86. The van der Waals surface area contributed by atoms with Crippen LogP contribution >= 0.6 is 0 Å².